The van der Waals surface area contributed by atoms with Gasteiger partial charge in [-0.2, -0.15) is 26.3 Å². The first-order valence-electron chi connectivity index (χ1n) is 10.3. The van der Waals surface area contributed by atoms with Gasteiger partial charge in [0, 0.05) is 17.0 Å². The predicted octanol–water partition coefficient (Wildman–Crippen LogP) is 7.20. The number of ether oxygens (including phenoxy) is 3. The van der Waals surface area contributed by atoms with Crippen molar-refractivity contribution < 1.29 is 53.7 Å². The topological polar surface area (TPSA) is 27.7 Å². The van der Waals surface area contributed by atoms with Crippen LogP contribution in [0.2, 0.25) is 0 Å². The Kier molecular flexibility index (Phi) is 6.93. The van der Waals surface area contributed by atoms with E-state index in [4.69, 9.17) is 9.47 Å². The van der Waals surface area contributed by atoms with Crippen molar-refractivity contribution in [2.24, 2.45) is 0 Å². The van der Waals surface area contributed by atoms with Gasteiger partial charge in [-0.05, 0) is 28.8 Å². The smallest absolute Gasteiger partial charge is 0.423 e. The zero-order valence-electron chi connectivity index (χ0n) is 17.9. The van der Waals surface area contributed by atoms with Crippen LogP contribution in [0, 0.1) is 23.3 Å². The summed E-state index contributed by atoms with van der Waals surface area (Å²) in [5, 5.41) is 0. The summed E-state index contributed by atoms with van der Waals surface area (Å²) in [7, 11) is 0. The molecule has 36 heavy (non-hydrogen) atoms. The number of hydrogen-bond donors (Lipinski definition) is 0. The molecule has 1 aliphatic rings. The monoisotopic (exact) mass is 522 g/mol. The molecule has 0 spiro atoms. The van der Waals surface area contributed by atoms with Crippen molar-refractivity contribution in [2.75, 3.05) is 20.0 Å². The molecular weight excluding hydrogens is 507 g/mol. The van der Waals surface area contributed by atoms with E-state index >= 15 is 0 Å². The molecule has 0 aromatic heterocycles. The van der Waals surface area contributed by atoms with Crippen LogP contribution >= 0.6 is 0 Å². The molecule has 3 aromatic carbocycles. The molecule has 12 heteroatoms. The fourth-order valence-corrected chi connectivity index (χ4v) is 3.63. The second kappa shape index (κ2) is 9.66. The van der Waals surface area contributed by atoms with Crippen molar-refractivity contribution in [3.8, 4) is 28.0 Å². The van der Waals surface area contributed by atoms with Crippen molar-refractivity contribution in [2.45, 2.75) is 18.2 Å². The standard InChI is InChI=1S/C24H15F9O3/c25-19-15(5-6-17(20(19)26)14-9-34-11-35-10-14)12-1-3-13(4-2-12)16-7-8-18(22(28)21(16)27)36-24(32,33)23(29,30)31/h1-8,14H,9-11H2. The Balaban J connectivity index is 1.60. The normalized spacial score (nSPS) is 15.2. The summed E-state index contributed by atoms with van der Waals surface area (Å²) in [4.78, 5) is 0. The van der Waals surface area contributed by atoms with Crippen LogP contribution < -0.4 is 4.74 Å². The van der Waals surface area contributed by atoms with Crippen LogP contribution in [-0.4, -0.2) is 32.3 Å². The third kappa shape index (κ3) is 4.87. The Hall–Kier alpha value is -3.25. The highest BCUT2D eigenvalue weighted by molar-refractivity contribution is 5.72. The van der Waals surface area contributed by atoms with E-state index in [9.17, 15) is 39.5 Å². The van der Waals surface area contributed by atoms with E-state index in [-0.39, 0.29) is 42.3 Å². The van der Waals surface area contributed by atoms with E-state index in [1.165, 1.54) is 36.4 Å². The Bertz CT molecular complexity index is 1250. The molecule has 0 atom stereocenters. The van der Waals surface area contributed by atoms with Crippen LogP contribution in [0.25, 0.3) is 22.3 Å². The maximum absolute atomic E-state index is 14.8. The lowest BCUT2D eigenvalue weighted by molar-refractivity contribution is -0.361. The summed E-state index contributed by atoms with van der Waals surface area (Å²) in [6, 6.07) is 8.88. The van der Waals surface area contributed by atoms with Gasteiger partial charge in [0.05, 0.1) is 13.2 Å². The minimum atomic E-state index is -6.14. The van der Waals surface area contributed by atoms with Gasteiger partial charge < -0.3 is 14.2 Å². The number of hydrogen-bond acceptors (Lipinski definition) is 3. The summed E-state index contributed by atoms with van der Waals surface area (Å²) in [6.45, 7) is 0.375. The first kappa shape index (κ1) is 25.8. The van der Waals surface area contributed by atoms with Crippen molar-refractivity contribution in [1.29, 1.82) is 0 Å². The molecule has 0 saturated carbocycles. The third-order valence-electron chi connectivity index (χ3n) is 5.48. The minimum Gasteiger partial charge on any atom is -0.423 e. The van der Waals surface area contributed by atoms with E-state index in [1.807, 2.05) is 0 Å². The largest absolute Gasteiger partial charge is 0.499 e. The Morgan fingerprint density at radius 3 is 1.67 bits per heavy atom. The van der Waals surface area contributed by atoms with Gasteiger partial charge in [0.1, 0.15) is 6.79 Å². The predicted molar refractivity (Wildman–Crippen MR) is 108 cm³/mol. The Morgan fingerprint density at radius 2 is 1.14 bits per heavy atom. The van der Waals surface area contributed by atoms with E-state index in [0.717, 1.165) is 6.07 Å². The number of rotatable bonds is 5. The first-order chi connectivity index (χ1) is 16.9. The maximum atomic E-state index is 14.8. The highest BCUT2D eigenvalue weighted by Gasteiger charge is 2.61. The van der Waals surface area contributed by atoms with Crippen molar-refractivity contribution >= 4 is 0 Å². The van der Waals surface area contributed by atoms with Crippen LogP contribution in [-0.2, 0) is 9.47 Å². The summed E-state index contributed by atoms with van der Waals surface area (Å²) >= 11 is 0. The van der Waals surface area contributed by atoms with Crippen LogP contribution in [0.1, 0.15) is 11.5 Å². The van der Waals surface area contributed by atoms with Gasteiger partial charge >= 0.3 is 12.3 Å². The SMILES string of the molecule is Fc1c(OC(F)(F)C(F)(F)F)ccc(-c2ccc(-c3ccc(C4COCOC4)c(F)c3F)cc2)c1F. The fourth-order valence-electron chi connectivity index (χ4n) is 3.63. The molecule has 1 saturated heterocycles. The summed E-state index contributed by atoms with van der Waals surface area (Å²) < 4.78 is 135. The zero-order valence-corrected chi connectivity index (χ0v) is 17.9. The molecule has 0 radical (unpaired) electrons. The van der Waals surface area contributed by atoms with Crippen molar-refractivity contribution in [3.63, 3.8) is 0 Å². The average molecular weight is 522 g/mol. The molecule has 1 heterocycles. The van der Waals surface area contributed by atoms with E-state index in [0.29, 0.717) is 6.07 Å². The summed E-state index contributed by atoms with van der Waals surface area (Å²) in [6.07, 6.45) is -11.9. The third-order valence-corrected chi connectivity index (χ3v) is 5.48. The van der Waals surface area contributed by atoms with Crippen LogP contribution in [0.5, 0.6) is 5.75 Å². The second-order valence-electron chi connectivity index (χ2n) is 7.82. The van der Waals surface area contributed by atoms with Crippen LogP contribution in [0.4, 0.5) is 39.5 Å². The molecule has 0 amide bonds. The van der Waals surface area contributed by atoms with Crippen LogP contribution in [0.3, 0.4) is 0 Å². The Labute approximate surface area is 198 Å². The summed E-state index contributed by atoms with van der Waals surface area (Å²) in [5.74, 6) is -8.16. The highest BCUT2D eigenvalue weighted by Crippen LogP contribution is 2.40. The van der Waals surface area contributed by atoms with Gasteiger partial charge in [-0.25, -0.2) is 13.2 Å². The maximum Gasteiger partial charge on any atom is 0.499 e. The average Bonchev–Trinajstić information content (AvgIpc) is 2.84. The highest BCUT2D eigenvalue weighted by atomic mass is 19.4. The molecule has 1 aliphatic heterocycles. The Morgan fingerprint density at radius 1 is 0.639 bits per heavy atom. The van der Waals surface area contributed by atoms with Gasteiger partial charge in [0.25, 0.3) is 0 Å². The molecule has 0 N–H and O–H groups in total. The zero-order chi connectivity index (χ0) is 26.3. The lowest BCUT2D eigenvalue weighted by Gasteiger charge is -2.23. The van der Waals surface area contributed by atoms with E-state index in [2.05, 4.69) is 4.74 Å². The quantitative estimate of drug-likeness (QED) is 0.332. The molecule has 0 aliphatic carbocycles. The molecule has 3 aromatic rings. The minimum absolute atomic E-state index is 0.0155. The fraction of sp³-hybridized carbons (Fsp3) is 0.250. The molecular formula is C24H15F9O3. The van der Waals surface area contributed by atoms with Gasteiger partial charge in [0.2, 0.25) is 5.82 Å². The lowest BCUT2D eigenvalue weighted by Crippen LogP contribution is -2.42. The number of benzene rings is 3. The van der Waals surface area contributed by atoms with Gasteiger partial charge in [-0.3, -0.25) is 0 Å². The lowest BCUT2D eigenvalue weighted by atomic mass is 9.94. The summed E-state index contributed by atoms with van der Waals surface area (Å²) in [5.41, 5.74) is -0.364. The number of alkyl halides is 5. The molecule has 3 nitrogen and oxygen atoms in total. The van der Waals surface area contributed by atoms with Crippen molar-refractivity contribution in [3.05, 3.63) is 77.4 Å². The molecule has 0 unspecified atom stereocenters. The van der Waals surface area contributed by atoms with Gasteiger partial charge in [-0.1, -0.05) is 36.4 Å². The van der Waals surface area contributed by atoms with E-state index in [1.54, 1.807) is 0 Å². The van der Waals surface area contributed by atoms with Crippen molar-refractivity contribution in [1.82, 2.24) is 0 Å². The molecule has 0 bridgehead atoms. The molecule has 4 rings (SSSR count). The van der Waals surface area contributed by atoms with Gasteiger partial charge in [-0.15, -0.1) is 0 Å². The van der Waals surface area contributed by atoms with Crippen LogP contribution in [0.15, 0.2) is 48.5 Å². The van der Waals surface area contributed by atoms with E-state index < -0.39 is 52.8 Å². The second-order valence-corrected chi connectivity index (χ2v) is 7.82. The number of halogens is 9. The van der Waals surface area contributed by atoms with Gasteiger partial charge in [0.15, 0.2) is 23.2 Å². The molecule has 192 valence electrons. The molecule has 1 fully saturated rings. The first-order valence-corrected chi connectivity index (χ1v) is 10.3.